The molecule has 0 saturated carbocycles. The molecule has 0 unspecified atom stereocenters. The van der Waals surface area contributed by atoms with Gasteiger partial charge in [0.15, 0.2) is 17.2 Å². The molecule has 14 heteroatoms. The van der Waals surface area contributed by atoms with Crippen LogP contribution in [0.2, 0.25) is 0 Å². The first-order chi connectivity index (χ1) is 19.1. The molecule has 206 valence electrons. The molecule has 12 nitrogen and oxygen atoms in total. The van der Waals surface area contributed by atoms with Gasteiger partial charge in [-0.05, 0) is 60.2 Å². The smallest absolute Gasteiger partial charge is 0.356 e. The number of anilines is 1. The van der Waals surface area contributed by atoms with E-state index in [9.17, 15) is 27.5 Å². The van der Waals surface area contributed by atoms with Gasteiger partial charge in [-0.25, -0.2) is 27.0 Å². The summed E-state index contributed by atoms with van der Waals surface area (Å²) in [5, 5.41) is 15.6. The minimum absolute atomic E-state index is 0.0345. The van der Waals surface area contributed by atoms with E-state index in [2.05, 4.69) is 15.1 Å². The van der Waals surface area contributed by atoms with Crippen molar-refractivity contribution >= 4 is 27.6 Å². The number of aryl methyl sites for hydroxylation is 1. The second kappa shape index (κ2) is 10.7. The maximum atomic E-state index is 13.5. The Balaban J connectivity index is 1.45. The Morgan fingerprint density at radius 1 is 1.05 bits per heavy atom. The van der Waals surface area contributed by atoms with E-state index in [-0.39, 0.29) is 46.8 Å². The van der Waals surface area contributed by atoms with Crippen LogP contribution in [0.4, 0.5) is 10.1 Å². The lowest BCUT2D eigenvalue weighted by Crippen LogP contribution is -2.24. The highest BCUT2D eigenvalue weighted by Gasteiger charge is 2.24. The molecule has 1 aliphatic heterocycles. The number of hydrogen-bond donors (Lipinski definition) is 3. The van der Waals surface area contributed by atoms with Crippen molar-refractivity contribution in [3.05, 3.63) is 89.4 Å². The van der Waals surface area contributed by atoms with E-state index in [1.165, 1.54) is 37.4 Å². The lowest BCUT2D eigenvalue weighted by Gasteiger charge is -2.15. The summed E-state index contributed by atoms with van der Waals surface area (Å²) in [6.45, 7) is -0.0430. The molecule has 0 bridgehead atoms. The summed E-state index contributed by atoms with van der Waals surface area (Å²) in [6.07, 6.45) is 0. The van der Waals surface area contributed by atoms with Gasteiger partial charge in [0.2, 0.25) is 22.7 Å². The van der Waals surface area contributed by atoms with Crippen LogP contribution in [-0.2, 0) is 23.6 Å². The largest absolute Gasteiger partial charge is 0.476 e. The summed E-state index contributed by atoms with van der Waals surface area (Å²) in [5.41, 5.74) is 0.560. The van der Waals surface area contributed by atoms with Crippen LogP contribution in [0.15, 0.2) is 71.6 Å². The van der Waals surface area contributed by atoms with Crippen LogP contribution < -0.4 is 24.2 Å². The van der Waals surface area contributed by atoms with E-state index >= 15 is 0 Å². The zero-order chi connectivity index (χ0) is 28.4. The van der Waals surface area contributed by atoms with Crippen LogP contribution in [0, 0.1) is 5.82 Å². The summed E-state index contributed by atoms with van der Waals surface area (Å²) in [6, 6.07) is 14.8. The Kier molecular flexibility index (Phi) is 7.11. The fourth-order valence-corrected chi connectivity index (χ4v) is 4.92. The first-order valence-corrected chi connectivity index (χ1v) is 13.1. The zero-order valence-electron chi connectivity index (χ0n) is 20.8. The van der Waals surface area contributed by atoms with Crippen molar-refractivity contribution in [1.29, 1.82) is 0 Å². The van der Waals surface area contributed by atoms with Crippen molar-refractivity contribution < 1.29 is 41.7 Å². The lowest BCUT2D eigenvalue weighted by molar-refractivity contribution is 0.0689. The predicted octanol–water partition coefficient (Wildman–Crippen LogP) is 3.51. The number of rotatable bonds is 9. The topological polar surface area (TPSA) is 158 Å². The molecule has 5 rings (SSSR count). The third kappa shape index (κ3) is 5.72. The molecule has 1 aliphatic rings. The zero-order valence-corrected chi connectivity index (χ0v) is 21.6. The molecule has 3 N–H and O–H groups in total. The maximum Gasteiger partial charge on any atom is 0.356 e. The second-order valence-electron chi connectivity index (χ2n) is 8.53. The number of carbonyl (C=O) groups excluding carboxylic acids is 1. The van der Waals surface area contributed by atoms with Crippen LogP contribution >= 0.6 is 0 Å². The second-order valence-corrected chi connectivity index (χ2v) is 10.3. The average molecular weight is 569 g/mol. The van der Waals surface area contributed by atoms with Gasteiger partial charge in [0.1, 0.15) is 16.5 Å². The number of nitrogens with zero attached hydrogens (tertiary/aromatic N) is 2. The molecule has 0 saturated heterocycles. The van der Waals surface area contributed by atoms with Crippen LogP contribution in [0.25, 0.3) is 0 Å². The summed E-state index contributed by atoms with van der Waals surface area (Å²) >= 11 is 0. The van der Waals surface area contributed by atoms with E-state index in [0.717, 1.165) is 22.9 Å². The Bertz CT molecular complexity index is 1720. The van der Waals surface area contributed by atoms with Crippen molar-refractivity contribution in [2.75, 3.05) is 12.1 Å². The minimum Gasteiger partial charge on any atom is -0.476 e. The molecule has 2 heterocycles. The standard InChI is InChI=1S/C26H21FN4O8S/c1-31-24(12-19(30-31)26(33)34)39-21-9-7-18(29-25(32)16-3-5-17(27)6-4-16)11-23(21)40(35,36)28-13-15-2-8-20-22(10-15)38-14-37-20/h2-12,28H,13-14H2,1H3,(H,29,32)(H,33,34). The van der Waals surface area contributed by atoms with Crippen molar-refractivity contribution in [2.45, 2.75) is 11.4 Å². The van der Waals surface area contributed by atoms with Gasteiger partial charge in [-0.2, -0.15) is 5.10 Å². The SMILES string of the molecule is Cn1nc(C(=O)O)cc1Oc1ccc(NC(=O)c2ccc(F)cc2)cc1S(=O)(=O)NCc1ccc2c(c1)OCO2. The van der Waals surface area contributed by atoms with Gasteiger partial charge < -0.3 is 24.6 Å². The molecule has 0 atom stereocenters. The molecular formula is C26H21FN4O8S. The Hall–Kier alpha value is -4.95. The monoisotopic (exact) mass is 568 g/mol. The Morgan fingerprint density at radius 2 is 1.80 bits per heavy atom. The molecule has 1 aromatic heterocycles. The number of carboxylic acids is 1. The summed E-state index contributed by atoms with van der Waals surface area (Å²) in [7, 11) is -2.83. The summed E-state index contributed by atoms with van der Waals surface area (Å²) in [5.74, 6) is -1.56. The molecule has 0 spiro atoms. The van der Waals surface area contributed by atoms with Gasteiger partial charge in [-0.1, -0.05) is 6.07 Å². The number of carbonyl (C=O) groups is 2. The number of benzene rings is 3. The van der Waals surface area contributed by atoms with E-state index < -0.39 is 27.7 Å². The van der Waals surface area contributed by atoms with Gasteiger partial charge in [-0.3, -0.25) is 4.79 Å². The van der Waals surface area contributed by atoms with Crippen molar-refractivity contribution in [2.24, 2.45) is 7.05 Å². The first kappa shape index (κ1) is 26.6. The maximum absolute atomic E-state index is 13.5. The van der Waals surface area contributed by atoms with E-state index in [1.807, 2.05) is 0 Å². The number of aromatic nitrogens is 2. The molecular weight excluding hydrogens is 547 g/mol. The summed E-state index contributed by atoms with van der Waals surface area (Å²) in [4.78, 5) is 23.6. The predicted molar refractivity (Wildman–Crippen MR) is 138 cm³/mol. The van der Waals surface area contributed by atoms with Crippen LogP contribution in [0.1, 0.15) is 26.4 Å². The van der Waals surface area contributed by atoms with E-state index in [4.69, 9.17) is 14.2 Å². The number of sulfonamides is 1. The van der Waals surface area contributed by atoms with Crippen LogP contribution in [0.5, 0.6) is 23.1 Å². The fraction of sp³-hybridized carbons (Fsp3) is 0.115. The van der Waals surface area contributed by atoms with Gasteiger partial charge in [0.25, 0.3) is 5.91 Å². The number of ether oxygens (including phenoxy) is 3. The van der Waals surface area contributed by atoms with Gasteiger partial charge in [-0.15, -0.1) is 0 Å². The number of halogens is 1. The lowest BCUT2D eigenvalue weighted by atomic mass is 10.2. The highest BCUT2D eigenvalue weighted by atomic mass is 32.2. The Labute approximate surface area is 227 Å². The molecule has 0 radical (unpaired) electrons. The molecule has 0 aliphatic carbocycles. The highest BCUT2D eigenvalue weighted by Crippen LogP contribution is 2.34. The number of carboxylic acid groups (broad SMARTS) is 1. The number of nitrogens with one attached hydrogen (secondary N) is 2. The van der Waals surface area contributed by atoms with Crippen molar-refractivity contribution in [3.63, 3.8) is 0 Å². The molecule has 3 aromatic carbocycles. The van der Waals surface area contributed by atoms with Crippen molar-refractivity contribution in [3.8, 4) is 23.1 Å². The third-order valence-electron chi connectivity index (χ3n) is 5.77. The first-order valence-electron chi connectivity index (χ1n) is 11.6. The molecule has 40 heavy (non-hydrogen) atoms. The van der Waals surface area contributed by atoms with Gasteiger partial charge >= 0.3 is 5.97 Å². The van der Waals surface area contributed by atoms with Crippen molar-refractivity contribution in [1.82, 2.24) is 14.5 Å². The highest BCUT2D eigenvalue weighted by molar-refractivity contribution is 7.89. The summed E-state index contributed by atoms with van der Waals surface area (Å²) < 4.78 is 60.2. The molecule has 0 fully saturated rings. The number of fused-ring (bicyclic) bond motifs is 1. The molecule has 4 aromatic rings. The normalized spacial score (nSPS) is 12.2. The van der Waals surface area contributed by atoms with Gasteiger partial charge in [0, 0.05) is 30.9 Å². The minimum atomic E-state index is -4.27. The average Bonchev–Trinajstić information content (AvgIpc) is 3.55. The van der Waals surface area contributed by atoms with Crippen LogP contribution in [0.3, 0.4) is 0 Å². The van der Waals surface area contributed by atoms with E-state index in [1.54, 1.807) is 18.2 Å². The third-order valence-corrected chi connectivity index (χ3v) is 7.19. The quantitative estimate of drug-likeness (QED) is 0.275. The number of aromatic carboxylic acids is 1. The number of amides is 1. The fourth-order valence-electron chi connectivity index (χ4n) is 3.75. The van der Waals surface area contributed by atoms with E-state index in [0.29, 0.717) is 17.1 Å². The van der Waals surface area contributed by atoms with Gasteiger partial charge in [0.05, 0.1) is 0 Å². The Morgan fingerprint density at radius 3 is 2.52 bits per heavy atom. The molecule has 1 amide bonds. The van der Waals surface area contributed by atoms with Crippen LogP contribution in [-0.4, -0.2) is 42.0 Å². The number of hydrogen-bond acceptors (Lipinski definition) is 8.